The Morgan fingerprint density at radius 2 is 1.94 bits per heavy atom. The second-order valence-corrected chi connectivity index (χ2v) is 10.3. The predicted octanol–water partition coefficient (Wildman–Crippen LogP) is 4.05. The lowest BCUT2D eigenvalue weighted by molar-refractivity contribution is 0.305. The van der Waals surface area contributed by atoms with Crippen LogP contribution in [0.2, 0.25) is 0 Å². The maximum absolute atomic E-state index is 14.5. The molecule has 33 heavy (non-hydrogen) atoms. The van der Waals surface area contributed by atoms with Crippen LogP contribution >= 0.6 is 0 Å². The molecule has 1 unspecified atom stereocenters. The van der Waals surface area contributed by atoms with Gasteiger partial charge in [0, 0.05) is 12.6 Å². The molecule has 1 aliphatic rings. The van der Waals surface area contributed by atoms with Crippen molar-refractivity contribution in [3.05, 3.63) is 60.2 Å². The van der Waals surface area contributed by atoms with Gasteiger partial charge in [-0.05, 0) is 59.5 Å². The Morgan fingerprint density at radius 3 is 2.67 bits per heavy atom. The Hall–Kier alpha value is -2.85. The van der Waals surface area contributed by atoms with E-state index in [-0.39, 0.29) is 10.6 Å². The van der Waals surface area contributed by atoms with Crippen LogP contribution in [0.15, 0.2) is 53.7 Å². The highest BCUT2D eigenvalue weighted by molar-refractivity contribution is 7.92. The highest BCUT2D eigenvalue weighted by Crippen LogP contribution is 2.28. The number of para-hydroxylation sites is 1. The second kappa shape index (κ2) is 10.4. The lowest BCUT2D eigenvalue weighted by Gasteiger charge is -2.25. The highest BCUT2D eigenvalue weighted by atomic mass is 32.2. The summed E-state index contributed by atoms with van der Waals surface area (Å²) in [5.41, 5.74) is 1.37. The first kappa shape index (κ1) is 23.3. The number of anilines is 1. The number of hydrogen-bond acceptors (Lipinski definition) is 6. The van der Waals surface area contributed by atoms with E-state index >= 15 is 0 Å². The number of hydrogen-bond donors (Lipinski definition) is 2. The molecular formula is C23H29FN6O2S. The van der Waals surface area contributed by atoms with Crippen molar-refractivity contribution >= 4 is 15.7 Å². The van der Waals surface area contributed by atoms with Gasteiger partial charge >= 0.3 is 0 Å². The van der Waals surface area contributed by atoms with Crippen molar-refractivity contribution in [3.8, 4) is 5.69 Å². The van der Waals surface area contributed by atoms with E-state index in [4.69, 9.17) is 0 Å². The average Bonchev–Trinajstić information content (AvgIpc) is 3.33. The van der Waals surface area contributed by atoms with Crippen LogP contribution in [-0.4, -0.2) is 34.7 Å². The summed E-state index contributed by atoms with van der Waals surface area (Å²) in [7, 11) is -3.98. The zero-order valence-corrected chi connectivity index (χ0v) is 19.4. The summed E-state index contributed by atoms with van der Waals surface area (Å²) >= 11 is 0. The molecule has 2 aromatic carbocycles. The summed E-state index contributed by atoms with van der Waals surface area (Å²) < 4.78 is 44.2. The van der Waals surface area contributed by atoms with Gasteiger partial charge in [-0.15, -0.1) is 5.10 Å². The molecule has 1 aliphatic carbocycles. The SMILES string of the molecule is CC(CC1CCCCC1)NCc1ccccc1NS(=O)(=O)c1ccc(-n2cnnn2)c(F)c1. The van der Waals surface area contributed by atoms with Gasteiger partial charge in [0.05, 0.1) is 10.6 Å². The highest BCUT2D eigenvalue weighted by Gasteiger charge is 2.20. The second-order valence-electron chi connectivity index (χ2n) is 8.65. The maximum Gasteiger partial charge on any atom is 0.262 e. The third-order valence-corrected chi connectivity index (χ3v) is 7.50. The molecule has 1 saturated carbocycles. The standard InChI is InChI=1S/C23H29FN6O2S/c1-17(13-18-7-3-2-4-8-18)25-15-19-9-5-6-10-22(19)27-33(31,32)20-11-12-23(21(24)14-20)30-16-26-28-29-30/h5-6,9-12,14,16-18,25,27H,2-4,7-8,13,15H2,1H3. The molecule has 176 valence electrons. The Kier molecular flexibility index (Phi) is 7.34. The molecule has 3 aromatic rings. The summed E-state index contributed by atoms with van der Waals surface area (Å²) in [6, 6.07) is 11.2. The summed E-state index contributed by atoms with van der Waals surface area (Å²) in [6.07, 6.45) is 8.94. The fourth-order valence-corrected chi connectivity index (χ4v) is 5.49. The van der Waals surface area contributed by atoms with Crippen LogP contribution in [0.5, 0.6) is 0 Å². The van der Waals surface area contributed by atoms with Gasteiger partial charge in [-0.1, -0.05) is 50.3 Å². The van der Waals surface area contributed by atoms with Gasteiger partial charge in [-0.2, -0.15) is 4.68 Å². The van der Waals surface area contributed by atoms with Crippen LogP contribution in [0.1, 0.15) is 51.0 Å². The summed E-state index contributed by atoms with van der Waals surface area (Å²) in [5.74, 6) is 0.0258. The van der Waals surface area contributed by atoms with E-state index in [0.29, 0.717) is 18.3 Å². The fourth-order valence-electron chi connectivity index (χ4n) is 4.38. The van der Waals surface area contributed by atoms with E-state index in [9.17, 15) is 12.8 Å². The van der Waals surface area contributed by atoms with Crippen LogP contribution < -0.4 is 10.0 Å². The van der Waals surface area contributed by atoms with Crippen LogP contribution in [0.25, 0.3) is 5.69 Å². The van der Waals surface area contributed by atoms with Gasteiger partial charge in [-0.25, -0.2) is 12.8 Å². The van der Waals surface area contributed by atoms with E-state index in [1.807, 2.05) is 12.1 Å². The van der Waals surface area contributed by atoms with Gasteiger partial charge in [0.2, 0.25) is 0 Å². The fraction of sp³-hybridized carbons (Fsp3) is 0.435. The third kappa shape index (κ3) is 5.94. The lowest BCUT2D eigenvalue weighted by atomic mass is 9.85. The average molecular weight is 473 g/mol. The topological polar surface area (TPSA) is 102 Å². The van der Waals surface area contributed by atoms with Crippen molar-refractivity contribution in [3.63, 3.8) is 0 Å². The minimum Gasteiger partial charge on any atom is -0.310 e. The first-order chi connectivity index (χ1) is 15.9. The van der Waals surface area contributed by atoms with Crippen molar-refractivity contribution in [2.45, 2.75) is 62.9 Å². The number of sulfonamides is 1. The van der Waals surface area contributed by atoms with Crippen molar-refractivity contribution in [1.82, 2.24) is 25.5 Å². The van der Waals surface area contributed by atoms with Crippen LogP contribution in [0.4, 0.5) is 10.1 Å². The van der Waals surface area contributed by atoms with E-state index in [1.165, 1.54) is 50.6 Å². The molecule has 8 nitrogen and oxygen atoms in total. The zero-order chi connectivity index (χ0) is 23.3. The molecular weight excluding hydrogens is 443 g/mol. The molecule has 0 bridgehead atoms. The number of aromatic nitrogens is 4. The van der Waals surface area contributed by atoms with E-state index in [2.05, 4.69) is 32.5 Å². The van der Waals surface area contributed by atoms with Crippen molar-refractivity contribution < 1.29 is 12.8 Å². The Labute approximate surface area is 193 Å². The van der Waals surface area contributed by atoms with Gasteiger partial charge in [-0.3, -0.25) is 4.72 Å². The molecule has 10 heteroatoms. The number of nitrogens with one attached hydrogen (secondary N) is 2. The molecule has 1 aromatic heterocycles. The lowest BCUT2D eigenvalue weighted by Crippen LogP contribution is -2.29. The molecule has 4 rings (SSSR count). The number of halogens is 1. The molecule has 1 atom stereocenters. The largest absolute Gasteiger partial charge is 0.310 e. The quantitative estimate of drug-likeness (QED) is 0.487. The third-order valence-electron chi connectivity index (χ3n) is 6.14. The van der Waals surface area contributed by atoms with Crippen LogP contribution in [-0.2, 0) is 16.6 Å². The monoisotopic (exact) mass is 472 g/mol. The van der Waals surface area contributed by atoms with Gasteiger partial charge in [0.15, 0.2) is 0 Å². The van der Waals surface area contributed by atoms with E-state index in [0.717, 1.165) is 28.7 Å². The smallest absolute Gasteiger partial charge is 0.262 e. The minimum absolute atomic E-state index is 0.0653. The molecule has 0 radical (unpaired) electrons. The number of nitrogens with zero attached hydrogens (tertiary/aromatic N) is 4. The maximum atomic E-state index is 14.5. The molecule has 0 amide bonds. The van der Waals surface area contributed by atoms with E-state index < -0.39 is 15.8 Å². The van der Waals surface area contributed by atoms with Crippen LogP contribution in [0, 0.1) is 11.7 Å². The number of rotatable bonds is 9. The first-order valence-electron chi connectivity index (χ1n) is 11.3. The summed E-state index contributed by atoms with van der Waals surface area (Å²) in [6.45, 7) is 2.72. The first-order valence-corrected chi connectivity index (χ1v) is 12.8. The Bertz CT molecular complexity index is 1160. The molecule has 1 fully saturated rings. The Morgan fingerprint density at radius 1 is 1.15 bits per heavy atom. The zero-order valence-electron chi connectivity index (χ0n) is 18.6. The molecule has 1 heterocycles. The van der Waals surface area contributed by atoms with Crippen molar-refractivity contribution in [1.29, 1.82) is 0 Å². The van der Waals surface area contributed by atoms with Crippen molar-refractivity contribution in [2.75, 3.05) is 4.72 Å². The summed E-state index contributed by atoms with van der Waals surface area (Å²) in [4.78, 5) is -0.176. The minimum atomic E-state index is -3.98. The number of benzene rings is 2. The normalized spacial score (nSPS) is 15.9. The Balaban J connectivity index is 1.43. The molecule has 0 saturated heterocycles. The predicted molar refractivity (Wildman–Crippen MR) is 124 cm³/mol. The van der Waals surface area contributed by atoms with Crippen molar-refractivity contribution in [2.24, 2.45) is 5.92 Å². The molecule has 0 aliphatic heterocycles. The van der Waals surface area contributed by atoms with Gasteiger partial charge in [0.1, 0.15) is 17.8 Å². The van der Waals surface area contributed by atoms with Gasteiger partial charge < -0.3 is 5.32 Å². The van der Waals surface area contributed by atoms with E-state index in [1.54, 1.807) is 12.1 Å². The summed E-state index contributed by atoms with van der Waals surface area (Å²) in [5, 5.41) is 14.1. The molecule has 0 spiro atoms. The van der Waals surface area contributed by atoms with Crippen LogP contribution in [0.3, 0.4) is 0 Å². The molecule has 2 N–H and O–H groups in total. The van der Waals surface area contributed by atoms with Gasteiger partial charge in [0.25, 0.3) is 10.0 Å². The number of tetrazole rings is 1.